The third kappa shape index (κ3) is 3.98. The van der Waals surface area contributed by atoms with E-state index in [1.807, 2.05) is 41.2 Å². The number of amides is 1. The number of hydrogen-bond donors (Lipinski definition) is 1. The Morgan fingerprint density at radius 2 is 2.00 bits per heavy atom. The lowest BCUT2D eigenvalue weighted by molar-refractivity contribution is 0.102. The highest BCUT2D eigenvalue weighted by Gasteiger charge is 2.10. The molecule has 0 bridgehead atoms. The standard InChI is InChI=1S/C18H16IN3O/c1-13-5-4-6-14(11-13)12-22-10-9-17(21-22)20-18(23)15-7-2-3-8-16(15)19/h2-11H,12H2,1H3,(H,20,21,23). The molecular weight excluding hydrogens is 401 g/mol. The number of halogens is 1. The molecule has 0 unspecified atom stereocenters. The van der Waals surface area contributed by atoms with Crippen molar-refractivity contribution >= 4 is 34.3 Å². The van der Waals surface area contributed by atoms with Gasteiger partial charge in [-0.25, -0.2) is 0 Å². The molecule has 5 heteroatoms. The Hall–Kier alpha value is -2.15. The molecule has 0 spiro atoms. The van der Waals surface area contributed by atoms with Gasteiger partial charge in [-0.15, -0.1) is 0 Å². The van der Waals surface area contributed by atoms with Gasteiger partial charge in [0.25, 0.3) is 5.91 Å². The number of aryl methyl sites for hydroxylation is 1. The van der Waals surface area contributed by atoms with Crippen LogP contribution in [0.25, 0.3) is 0 Å². The first-order chi connectivity index (χ1) is 11.1. The van der Waals surface area contributed by atoms with Crippen molar-refractivity contribution in [3.05, 3.63) is 81.1 Å². The maximum Gasteiger partial charge on any atom is 0.257 e. The fourth-order valence-corrected chi connectivity index (χ4v) is 2.98. The second-order valence-electron chi connectivity index (χ2n) is 5.32. The molecule has 2 aromatic carbocycles. The quantitative estimate of drug-likeness (QED) is 0.650. The molecule has 3 rings (SSSR count). The average Bonchev–Trinajstić information content (AvgIpc) is 2.94. The van der Waals surface area contributed by atoms with Crippen LogP contribution in [-0.2, 0) is 6.54 Å². The molecule has 1 amide bonds. The van der Waals surface area contributed by atoms with E-state index in [0.29, 0.717) is 17.9 Å². The highest BCUT2D eigenvalue weighted by molar-refractivity contribution is 14.1. The van der Waals surface area contributed by atoms with Crippen molar-refractivity contribution in [2.75, 3.05) is 5.32 Å². The lowest BCUT2D eigenvalue weighted by atomic mass is 10.1. The lowest BCUT2D eigenvalue weighted by Gasteiger charge is -2.05. The highest BCUT2D eigenvalue weighted by atomic mass is 127. The molecule has 0 saturated carbocycles. The molecular formula is C18H16IN3O. The van der Waals surface area contributed by atoms with E-state index in [4.69, 9.17) is 0 Å². The number of nitrogens with zero attached hydrogens (tertiary/aromatic N) is 2. The van der Waals surface area contributed by atoms with Gasteiger partial charge in [-0.1, -0.05) is 42.0 Å². The van der Waals surface area contributed by atoms with Crippen LogP contribution in [0, 0.1) is 10.5 Å². The van der Waals surface area contributed by atoms with E-state index in [-0.39, 0.29) is 5.91 Å². The van der Waals surface area contributed by atoms with Crippen molar-refractivity contribution in [1.29, 1.82) is 0 Å². The van der Waals surface area contributed by atoms with E-state index in [1.165, 1.54) is 11.1 Å². The second kappa shape index (κ2) is 6.95. The SMILES string of the molecule is Cc1cccc(Cn2ccc(NC(=O)c3ccccc3I)n2)c1. The Bertz CT molecular complexity index is 842. The van der Waals surface area contributed by atoms with Gasteiger partial charge in [-0.3, -0.25) is 9.48 Å². The number of anilines is 1. The lowest BCUT2D eigenvalue weighted by Crippen LogP contribution is -2.14. The minimum absolute atomic E-state index is 0.143. The summed E-state index contributed by atoms with van der Waals surface area (Å²) in [6, 6.07) is 17.6. The fourth-order valence-electron chi connectivity index (χ4n) is 2.34. The second-order valence-corrected chi connectivity index (χ2v) is 6.48. The Labute approximate surface area is 148 Å². The summed E-state index contributed by atoms with van der Waals surface area (Å²) in [5, 5.41) is 7.25. The topological polar surface area (TPSA) is 46.9 Å². The number of carbonyl (C=O) groups excluding carboxylic acids is 1. The highest BCUT2D eigenvalue weighted by Crippen LogP contribution is 2.14. The largest absolute Gasteiger partial charge is 0.305 e. The third-order valence-electron chi connectivity index (χ3n) is 3.43. The molecule has 116 valence electrons. The zero-order valence-corrected chi connectivity index (χ0v) is 14.8. The van der Waals surface area contributed by atoms with Crippen LogP contribution in [0.5, 0.6) is 0 Å². The summed E-state index contributed by atoms with van der Waals surface area (Å²) >= 11 is 2.16. The maximum atomic E-state index is 12.3. The number of benzene rings is 2. The Balaban J connectivity index is 1.70. The Kier molecular flexibility index (Phi) is 4.76. The van der Waals surface area contributed by atoms with Crippen molar-refractivity contribution in [2.45, 2.75) is 13.5 Å². The van der Waals surface area contributed by atoms with Crippen molar-refractivity contribution in [3.8, 4) is 0 Å². The summed E-state index contributed by atoms with van der Waals surface area (Å²) in [4.78, 5) is 12.3. The van der Waals surface area contributed by atoms with Gasteiger partial charge in [0.1, 0.15) is 0 Å². The van der Waals surface area contributed by atoms with Crippen LogP contribution in [0.2, 0.25) is 0 Å². The monoisotopic (exact) mass is 417 g/mol. The molecule has 23 heavy (non-hydrogen) atoms. The van der Waals surface area contributed by atoms with Crippen LogP contribution in [-0.4, -0.2) is 15.7 Å². The molecule has 1 N–H and O–H groups in total. The van der Waals surface area contributed by atoms with Crippen LogP contribution in [0.4, 0.5) is 5.82 Å². The van der Waals surface area contributed by atoms with Crippen LogP contribution in [0.1, 0.15) is 21.5 Å². The molecule has 3 aromatic rings. The molecule has 0 aliphatic rings. The summed E-state index contributed by atoms with van der Waals surface area (Å²) in [6.45, 7) is 2.75. The molecule has 0 saturated heterocycles. The zero-order chi connectivity index (χ0) is 16.2. The number of aromatic nitrogens is 2. The molecule has 0 fully saturated rings. The number of carbonyl (C=O) groups is 1. The number of nitrogens with one attached hydrogen (secondary N) is 1. The Morgan fingerprint density at radius 3 is 2.78 bits per heavy atom. The van der Waals surface area contributed by atoms with Crippen LogP contribution < -0.4 is 5.32 Å². The zero-order valence-electron chi connectivity index (χ0n) is 12.7. The summed E-state index contributed by atoms with van der Waals surface area (Å²) in [6.07, 6.45) is 1.87. The van der Waals surface area contributed by atoms with E-state index < -0.39 is 0 Å². The van der Waals surface area contributed by atoms with Gasteiger partial charge in [0.2, 0.25) is 0 Å². The normalized spacial score (nSPS) is 10.5. The minimum Gasteiger partial charge on any atom is -0.305 e. The molecule has 1 heterocycles. The predicted octanol–water partition coefficient (Wildman–Crippen LogP) is 4.10. The van der Waals surface area contributed by atoms with Gasteiger partial charge >= 0.3 is 0 Å². The predicted molar refractivity (Wildman–Crippen MR) is 99.6 cm³/mol. The van der Waals surface area contributed by atoms with Gasteiger partial charge < -0.3 is 5.32 Å². The van der Waals surface area contributed by atoms with Gasteiger partial charge in [0.05, 0.1) is 12.1 Å². The number of hydrogen-bond acceptors (Lipinski definition) is 2. The van der Waals surface area contributed by atoms with Gasteiger partial charge in [0.15, 0.2) is 5.82 Å². The van der Waals surface area contributed by atoms with E-state index in [0.717, 1.165) is 3.57 Å². The van der Waals surface area contributed by atoms with Crippen LogP contribution in [0.3, 0.4) is 0 Å². The first kappa shape index (κ1) is 15.7. The molecule has 0 aliphatic heterocycles. The van der Waals surface area contributed by atoms with E-state index >= 15 is 0 Å². The molecule has 1 aromatic heterocycles. The van der Waals surface area contributed by atoms with E-state index in [2.05, 4.69) is 58.1 Å². The minimum atomic E-state index is -0.143. The van der Waals surface area contributed by atoms with E-state index in [1.54, 1.807) is 6.07 Å². The maximum absolute atomic E-state index is 12.3. The smallest absolute Gasteiger partial charge is 0.257 e. The first-order valence-electron chi connectivity index (χ1n) is 7.27. The van der Waals surface area contributed by atoms with E-state index in [9.17, 15) is 4.79 Å². The van der Waals surface area contributed by atoms with Crippen molar-refractivity contribution in [1.82, 2.24) is 9.78 Å². The molecule has 4 nitrogen and oxygen atoms in total. The van der Waals surface area contributed by atoms with Crippen molar-refractivity contribution in [3.63, 3.8) is 0 Å². The van der Waals surface area contributed by atoms with Crippen LogP contribution >= 0.6 is 22.6 Å². The van der Waals surface area contributed by atoms with Gasteiger partial charge in [-0.05, 0) is 47.2 Å². The molecule has 0 radical (unpaired) electrons. The fraction of sp³-hybridized carbons (Fsp3) is 0.111. The van der Waals surface area contributed by atoms with Crippen molar-refractivity contribution < 1.29 is 4.79 Å². The Morgan fingerprint density at radius 1 is 1.17 bits per heavy atom. The molecule has 0 aliphatic carbocycles. The average molecular weight is 417 g/mol. The first-order valence-corrected chi connectivity index (χ1v) is 8.34. The number of rotatable bonds is 4. The summed E-state index contributed by atoms with van der Waals surface area (Å²) in [5.41, 5.74) is 3.06. The summed E-state index contributed by atoms with van der Waals surface area (Å²) < 4.78 is 2.74. The summed E-state index contributed by atoms with van der Waals surface area (Å²) in [5.74, 6) is 0.415. The van der Waals surface area contributed by atoms with Gasteiger partial charge in [0, 0.05) is 15.8 Å². The van der Waals surface area contributed by atoms with Crippen molar-refractivity contribution in [2.24, 2.45) is 0 Å². The van der Waals surface area contributed by atoms with Gasteiger partial charge in [-0.2, -0.15) is 5.10 Å². The molecule has 0 atom stereocenters. The summed E-state index contributed by atoms with van der Waals surface area (Å²) in [7, 11) is 0. The third-order valence-corrected chi connectivity index (χ3v) is 4.37. The van der Waals surface area contributed by atoms with Crippen LogP contribution in [0.15, 0.2) is 60.8 Å².